The molecule has 1 aliphatic rings. The number of anilines is 1. The van der Waals surface area contributed by atoms with E-state index in [-0.39, 0.29) is 23.1 Å². The van der Waals surface area contributed by atoms with E-state index in [4.69, 9.17) is 0 Å². The average Bonchev–Trinajstić information content (AvgIpc) is 2.71. The number of rotatable bonds is 5. The van der Waals surface area contributed by atoms with Crippen molar-refractivity contribution in [1.29, 1.82) is 0 Å². The number of amides is 1. The highest BCUT2D eigenvalue weighted by molar-refractivity contribution is 5.79. The maximum atomic E-state index is 12.6. The third-order valence-electron chi connectivity index (χ3n) is 5.00. The lowest BCUT2D eigenvalue weighted by atomic mass is 9.97. The molecule has 1 N–H and O–H groups in total. The van der Waals surface area contributed by atoms with E-state index in [9.17, 15) is 14.4 Å². The Bertz CT molecular complexity index is 919. The third-order valence-corrected chi connectivity index (χ3v) is 5.00. The predicted octanol–water partition coefficient (Wildman–Crippen LogP) is 0.495. The first-order valence-corrected chi connectivity index (χ1v) is 9.23. The predicted molar refractivity (Wildman–Crippen MR) is 103 cm³/mol. The molecule has 3 rings (SSSR count). The van der Waals surface area contributed by atoms with Crippen molar-refractivity contribution in [2.24, 2.45) is 13.0 Å². The number of hydrogen-bond acceptors (Lipinski definition) is 5. The molecule has 0 radical (unpaired) electrons. The number of nitrogens with zero attached hydrogens (tertiary/aromatic N) is 4. The molecule has 8 nitrogen and oxygen atoms in total. The van der Waals surface area contributed by atoms with Crippen LogP contribution in [-0.4, -0.2) is 33.1 Å². The molecule has 3 heterocycles. The second-order valence-corrected chi connectivity index (χ2v) is 6.79. The van der Waals surface area contributed by atoms with Crippen LogP contribution in [0.25, 0.3) is 0 Å². The molecule has 0 aliphatic carbocycles. The van der Waals surface area contributed by atoms with Crippen LogP contribution < -0.4 is 21.5 Å². The summed E-state index contributed by atoms with van der Waals surface area (Å²) in [5.41, 5.74) is 0.288. The molecule has 1 saturated heterocycles. The molecule has 1 fully saturated rings. The van der Waals surface area contributed by atoms with E-state index in [1.54, 1.807) is 17.0 Å². The van der Waals surface area contributed by atoms with E-state index in [1.165, 1.54) is 13.1 Å². The summed E-state index contributed by atoms with van der Waals surface area (Å²) in [5.74, 6) is 0.396. The van der Waals surface area contributed by atoms with Crippen molar-refractivity contribution in [1.82, 2.24) is 19.4 Å². The molecule has 1 amide bonds. The Morgan fingerprint density at radius 1 is 1.37 bits per heavy atom. The Balaban J connectivity index is 1.74. The molecule has 27 heavy (non-hydrogen) atoms. The largest absolute Gasteiger partial charge is 0.357 e. The summed E-state index contributed by atoms with van der Waals surface area (Å²) in [6, 6.07) is 5.24. The van der Waals surface area contributed by atoms with Gasteiger partial charge in [-0.3, -0.25) is 23.7 Å². The molecule has 0 saturated carbocycles. The summed E-state index contributed by atoms with van der Waals surface area (Å²) in [5, 5.41) is 2.96. The normalized spacial score (nSPS) is 17.0. The van der Waals surface area contributed by atoms with Crippen LogP contribution in [0.1, 0.15) is 25.3 Å². The first-order chi connectivity index (χ1) is 13.0. The zero-order valence-corrected chi connectivity index (χ0v) is 15.7. The minimum atomic E-state index is -0.331. The standard InChI is InChI=1S/C19H25N5O3/c1-3-24-16(10-17(25)22(2)19(24)27)23-9-5-7-15(13-23)18(26)21-12-14-6-4-8-20-11-14/h4,6,8,10-11,15H,3,5,7,9,12-13H2,1-2H3,(H,21,26). The maximum absolute atomic E-state index is 12.6. The number of hydrogen-bond donors (Lipinski definition) is 1. The van der Waals surface area contributed by atoms with Crippen molar-refractivity contribution in [3.05, 3.63) is 57.0 Å². The lowest BCUT2D eigenvalue weighted by Gasteiger charge is -2.34. The van der Waals surface area contributed by atoms with Gasteiger partial charge in [-0.2, -0.15) is 0 Å². The van der Waals surface area contributed by atoms with E-state index in [0.29, 0.717) is 25.5 Å². The van der Waals surface area contributed by atoms with Gasteiger partial charge in [-0.05, 0) is 31.4 Å². The minimum absolute atomic E-state index is 0.0159. The Kier molecular flexibility index (Phi) is 5.73. The van der Waals surface area contributed by atoms with Crippen molar-refractivity contribution in [3.8, 4) is 0 Å². The smallest absolute Gasteiger partial charge is 0.332 e. The van der Waals surface area contributed by atoms with Gasteiger partial charge in [-0.15, -0.1) is 0 Å². The SMILES string of the molecule is CCn1c(N2CCCC(C(=O)NCc3cccnc3)C2)cc(=O)n(C)c1=O. The molecule has 1 atom stereocenters. The second kappa shape index (κ2) is 8.20. The van der Waals surface area contributed by atoms with Gasteiger partial charge in [0.05, 0.1) is 5.92 Å². The fourth-order valence-electron chi connectivity index (χ4n) is 3.45. The summed E-state index contributed by atoms with van der Waals surface area (Å²) < 4.78 is 2.69. The Labute approximate surface area is 157 Å². The summed E-state index contributed by atoms with van der Waals surface area (Å²) in [4.78, 5) is 43.1. The van der Waals surface area contributed by atoms with Crippen LogP contribution in [-0.2, 0) is 24.9 Å². The molecular weight excluding hydrogens is 346 g/mol. The Hall–Kier alpha value is -2.90. The lowest BCUT2D eigenvalue weighted by Crippen LogP contribution is -2.47. The van der Waals surface area contributed by atoms with Gasteiger partial charge in [0.25, 0.3) is 5.56 Å². The molecule has 2 aromatic rings. The fraction of sp³-hybridized carbons (Fsp3) is 0.474. The monoisotopic (exact) mass is 371 g/mol. The molecule has 0 bridgehead atoms. The van der Waals surface area contributed by atoms with Crippen molar-refractivity contribution in [2.45, 2.75) is 32.9 Å². The van der Waals surface area contributed by atoms with Crippen molar-refractivity contribution >= 4 is 11.7 Å². The van der Waals surface area contributed by atoms with Gasteiger partial charge in [0.2, 0.25) is 5.91 Å². The van der Waals surface area contributed by atoms with E-state index < -0.39 is 0 Å². The maximum Gasteiger partial charge on any atom is 0.332 e. The van der Waals surface area contributed by atoms with Crippen molar-refractivity contribution in [3.63, 3.8) is 0 Å². The van der Waals surface area contributed by atoms with Crippen LogP contribution in [0.15, 0.2) is 40.2 Å². The molecule has 1 aliphatic heterocycles. The van der Waals surface area contributed by atoms with Gasteiger partial charge in [-0.1, -0.05) is 6.07 Å². The number of pyridine rings is 1. The molecular formula is C19H25N5O3. The molecule has 2 aromatic heterocycles. The van der Waals surface area contributed by atoms with Crippen LogP contribution in [0.5, 0.6) is 0 Å². The number of carbonyl (C=O) groups excluding carboxylic acids is 1. The highest BCUT2D eigenvalue weighted by atomic mass is 16.2. The summed E-state index contributed by atoms with van der Waals surface area (Å²) in [6.45, 7) is 3.99. The third kappa shape index (κ3) is 4.10. The Morgan fingerprint density at radius 3 is 2.89 bits per heavy atom. The minimum Gasteiger partial charge on any atom is -0.357 e. The first-order valence-electron chi connectivity index (χ1n) is 9.23. The number of piperidine rings is 1. The number of aromatic nitrogens is 3. The van der Waals surface area contributed by atoms with Crippen LogP contribution >= 0.6 is 0 Å². The van der Waals surface area contributed by atoms with Crippen LogP contribution in [0.2, 0.25) is 0 Å². The van der Waals surface area contributed by atoms with Gasteiger partial charge in [-0.25, -0.2) is 4.79 Å². The summed E-state index contributed by atoms with van der Waals surface area (Å²) >= 11 is 0. The molecule has 144 valence electrons. The van der Waals surface area contributed by atoms with Gasteiger partial charge in [0.15, 0.2) is 0 Å². The summed E-state index contributed by atoms with van der Waals surface area (Å²) in [7, 11) is 1.48. The van der Waals surface area contributed by atoms with E-state index in [1.807, 2.05) is 24.0 Å². The van der Waals surface area contributed by atoms with Gasteiger partial charge < -0.3 is 10.2 Å². The second-order valence-electron chi connectivity index (χ2n) is 6.79. The van der Waals surface area contributed by atoms with Crippen molar-refractivity contribution in [2.75, 3.05) is 18.0 Å². The van der Waals surface area contributed by atoms with Gasteiger partial charge >= 0.3 is 5.69 Å². The van der Waals surface area contributed by atoms with Crippen LogP contribution in [0.4, 0.5) is 5.82 Å². The topological polar surface area (TPSA) is 89.2 Å². The van der Waals surface area contributed by atoms with E-state index >= 15 is 0 Å². The number of carbonyl (C=O) groups is 1. The fourth-order valence-corrected chi connectivity index (χ4v) is 3.45. The quantitative estimate of drug-likeness (QED) is 0.827. The van der Waals surface area contributed by atoms with E-state index in [2.05, 4.69) is 10.3 Å². The van der Waals surface area contributed by atoms with Crippen molar-refractivity contribution < 1.29 is 4.79 Å². The average molecular weight is 371 g/mol. The number of nitrogens with one attached hydrogen (secondary N) is 1. The van der Waals surface area contributed by atoms with Gasteiger partial charge in [0, 0.05) is 51.7 Å². The Morgan fingerprint density at radius 2 is 2.19 bits per heavy atom. The zero-order valence-electron chi connectivity index (χ0n) is 15.7. The molecule has 0 spiro atoms. The highest BCUT2D eigenvalue weighted by Gasteiger charge is 2.27. The molecule has 8 heteroatoms. The molecule has 1 unspecified atom stereocenters. The zero-order chi connectivity index (χ0) is 19.4. The lowest BCUT2D eigenvalue weighted by molar-refractivity contribution is -0.125. The first kappa shape index (κ1) is 18.9. The van der Waals surface area contributed by atoms with Gasteiger partial charge in [0.1, 0.15) is 5.82 Å². The van der Waals surface area contributed by atoms with Crippen LogP contribution in [0.3, 0.4) is 0 Å². The van der Waals surface area contributed by atoms with E-state index in [0.717, 1.165) is 29.5 Å². The van der Waals surface area contributed by atoms with Crippen LogP contribution in [0, 0.1) is 5.92 Å². The molecule has 0 aromatic carbocycles. The summed E-state index contributed by atoms with van der Waals surface area (Å²) in [6.07, 6.45) is 5.05. The highest BCUT2D eigenvalue weighted by Crippen LogP contribution is 2.22.